The van der Waals surface area contributed by atoms with E-state index in [-0.39, 0.29) is 18.2 Å². The van der Waals surface area contributed by atoms with Crippen LogP contribution in [0.3, 0.4) is 0 Å². The summed E-state index contributed by atoms with van der Waals surface area (Å²) >= 11 is 0. The second-order valence-electron chi connectivity index (χ2n) is 6.22. The summed E-state index contributed by atoms with van der Waals surface area (Å²) in [7, 11) is 0. The number of nitrogens with zero attached hydrogens (tertiary/aromatic N) is 2. The van der Waals surface area contributed by atoms with E-state index in [9.17, 15) is 24.6 Å². The van der Waals surface area contributed by atoms with E-state index < -0.39 is 36.3 Å². The Balaban J connectivity index is 2.12. The molecule has 0 bridgehead atoms. The average molecular weight is 381 g/mol. The molecule has 0 aliphatic carbocycles. The first-order valence-electron chi connectivity index (χ1n) is 8.45. The quantitative estimate of drug-likeness (QED) is 0.578. The van der Waals surface area contributed by atoms with Gasteiger partial charge in [-0.3, -0.25) is 9.88 Å². The topological polar surface area (TPSA) is 140 Å². The van der Waals surface area contributed by atoms with E-state index in [1.807, 2.05) is 0 Å². The third-order valence-corrected chi connectivity index (χ3v) is 4.08. The summed E-state index contributed by atoms with van der Waals surface area (Å²) in [6, 6.07) is 0. The summed E-state index contributed by atoms with van der Waals surface area (Å²) in [5.74, 6) is -0.0714. The molecule has 0 radical (unpaired) electrons. The number of ether oxygens (including phenoxy) is 2. The van der Waals surface area contributed by atoms with Gasteiger partial charge in [0, 0.05) is 18.2 Å². The number of aliphatic hydroxyl groups is 2. The van der Waals surface area contributed by atoms with Crippen molar-refractivity contribution >= 4 is 23.8 Å². The molecule has 27 heavy (non-hydrogen) atoms. The van der Waals surface area contributed by atoms with Crippen molar-refractivity contribution in [3.63, 3.8) is 0 Å². The average Bonchev–Trinajstić information content (AvgIpc) is 2.86. The smallest absolute Gasteiger partial charge is 0.412 e. The van der Waals surface area contributed by atoms with Crippen LogP contribution in [0.15, 0.2) is 17.6 Å². The monoisotopic (exact) mass is 381 g/mol. The molecule has 4 atom stereocenters. The maximum Gasteiger partial charge on any atom is 0.412 e. The number of hydrogen-bond acceptors (Lipinski definition) is 8. The summed E-state index contributed by atoms with van der Waals surface area (Å²) in [5.41, 5.74) is -0.502. The van der Waals surface area contributed by atoms with E-state index in [1.54, 1.807) is 6.92 Å². The first-order valence-corrected chi connectivity index (χ1v) is 8.45. The van der Waals surface area contributed by atoms with Crippen molar-refractivity contribution in [2.24, 2.45) is 0 Å². The van der Waals surface area contributed by atoms with Crippen LogP contribution >= 0.6 is 0 Å². The Morgan fingerprint density at radius 3 is 2.70 bits per heavy atom. The molecule has 148 valence electrons. The summed E-state index contributed by atoms with van der Waals surface area (Å²) in [6.45, 7) is 6.66. The van der Waals surface area contributed by atoms with Gasteiger partial charge in [-0.2, -0.15) is 4.98 Å². The van der Waals surface area contributed by atoms with Gasteiger partial charge in [-0.25, -0.2) is 9.59 Å². The third-order valence-electron chi connectivity index (χ3n) is 4.08. The van der Waals surface area contributed by atoms with E-state index in [0.29, 0.717) is 18.4 Å². The zero-order valence-electron chi connectivity index (χ0n) is 15.1. The highest BCUT2D eigenvalue weighted by molar-refractivity contribution is 5.85. The van der Waals surface area contributed by atoms with E-state index in [4.69, 9.17) is 9.47 Å². The van der Waals surface area contributed by atoms with Gasteiger partial charge >= 0.3 is 11.8 Å². The lowest BCUT2D eigenvalue weighted by Crippen LogP contribution is -2.36. The number of ketones is 1. The van der Waals surface area contributed by atoms with Crippen molar-refractivity contribution in [1.82, 2.24) is 9.55 Å². The molecule has 1 saturated heterocycles. The molecule has 0 spiro atoms. The van der Waals surface area contributed by atoms with Crippen LogP contribution in [0.5, 0.6) is 0 Å². The molecule has 1 aromatic rings. The summed E-state index contributed by atoms with van der Waals surface area (Å²) in [4.78, 5) is 38.7. The number of aliphatic hydroxyl groups excluding tert-OH is 2. The van der Waals surface area contributed by atoms with Crippen molar-refractivity contribution < 1.29 is 29.3 Å². The van der Waals surface area contributed by atoms with Gasteiger partial charge in [0.25, 0.3) is 0 Å². The Morgan fingerprint density at radius 1 is 1.44 bits per heavy atom. The molecule has 1 amide bonds. The summed E-state index contributed by atoms with van der Waals surface area (Å²) in [5, 5.41) is 22.2. The maximum atomic E-state index is 12.3. The molecule has 1 aromatic heterocycles. The summed E-state index contributed by atoms with van der Waals surface area (Å²) in [6.07, 6.45) is -1.68. The minimum atomic E-state index is -1.30. The van der Waals surface area contributed by atoms with Crippen molar-refractivity contribution in [3.8, 4) is 0 Å². The van der Waals surface area contributed by atoms with Crippen LogP contribution in [0.2, 0.25) is 0 Å². The summed E-state index contributed by atoms with van der Waals surface area (Å²) < 4.78 is 11.4. The van der Waals surface area contributed by atoms with Gasteiger partial charge in [-0.05, 0) is 20.3 Å². The number of carbonyl (C=O) groups excluding carboxylic acids is 2. The molecule has 3 N–H and O–H groups in total. The van der Waals surface area contributed by atoms with Crippen LogP contribution < -0.4 is 11.0 Å². The standard InChI is InChI=1S/C17H23N3O7/c1-4-11-8-20(15-13(23)12(22)10(3)27-15)16(24)18-14(11)19-17(25)26-7-5-6-9(2)21/h4,8,10,12-13,15,22-23H,1,5-7H2,2-3H3,(H,18,19,24,25)/t10-,12?,13?,15-/m1/s1. The lowest BCUT2D eigenvalue weighted by Gasteiger charge is -2.18. The molecule has 2 unspecified atom stereocenters. The van der Waals surface area contributed by atoms with E-state index in [0.717, 1.165) is 4.57 Å². The number of Topliss-reactive ketones (excluding diaryl/α,β-unsaturated/α-hetero) is 1. The van der Waals surface area contributed by atoms with Crippen LogP contribution in [0.1, 0.15) is 38.5 Å². The predicted octanol–water partition coefficient (Wildman–Crippen LogP) is 0.443. The van der Waals surface area contributed by atoms with Gasteiger partial charge in [0.05, 0.1) is 12.7 Å². The molecular formula is C17H23N3O7. The highest BCUT2D eigenvalue weighted by Gasteiger charge is 2.42. The number of amides is 1. The van der Waals surface area contributed by atoms with Crippen molar-refractivity contribution in [1.29, 1.82) is 0 Å². The van der Waals surface area contributed by atoms with E-state index in [1.165, 1.54) is 19.2 Å². The minimum absolute atomic E-state index is 0.00557. The van der Waals surface area contributed by atoms with Crippen molar-refractivity contribution in [3.05, 3.63) is 28.8 Å². The molecular weight excluding hydrogens is 358 g/mol. The molecule has 10 heteroatoms. The number of anilines is 1. The molecule has 10 nitrogen and oxygen atoms in total. The largest absolute Gasteiger partial charge is 0.449 e. The van der Waals surface area contributed by atoms with Gasteiger partial charge in [-0.1, -0.05) is 12.7 Å². The third kappa shape index (κ3) is 5.00. The van der Waals surface area contributed by atoms with Gasteiger partial charge < -0.3 is 24.5 Å². The molecule has 1 aliphatic heterocycles. The van der Waals surface area contributed by atoms with Crippen LogP contribution in [0.25, 0.3) is 6.08 Å². The maximum absolute atomic E-state index is 12.3. The second kappa shape index (κ2) is 8.89. The number of carbonyl (C=O) groups is 2. The lowest BCUT2D eigenvalue weighted by molar-refractivity contribution is -0.117. The van der Waals surface area contributed by atoms with Crippen LogP contribution in [-0.4, -0.2) is 56.6 Å². The second-order valence-corrected chi connectivity index (χ2v) is 6.22. The van der Waals surface area contributed by atoms with Gasteiger partial charge in [-0.15, -0.1) is 0 Å². The number of aromatic nitrogens is 2. The Morgan fingerprint density at radius 2 is 2.15 bits per heavy atom. The minimum Gasteiger partial charge on any atom is -0.449 e. The zero-order chi connectivity index (χ0) is 20.1. The number of rotatable bonds is 7. The van der Waals surface area contributed by atoms with E-state index in [2.05, 4.69) is 16.9 Å². The Hall–Kier alpha value is -2.56. The molecule has 2 heterocycles. The van der Waals surface area contributed by atoms with Crippen molar-refractivity contribution in [2.45, 2.75) is 51.2 Å². The van der Waals surface area contributed by atoms with E-state index >= 15 is 0 Å². The first kappa shape index (κ1) is 20.7. The van der Waals surface area contributed by atoms with Crippen LogP contribution in [0.4, 0.5) is 10.6 Å². The normalized spacial score (nSPS) is 24.4. The predicted molar refractivity (Wildman–Crippen MR) is 95.1 cm³/mol. The van der Waals surface area contributed by atoms with Crippen molar-refractivity contribution in [2.75, 3.05) is 11.9 Å². The van der Waals surface area contributed by atoms with Gasteiger partial charge in [0.2, 0.25) is 0 Å². The zero-order valence-corrected chi connectivity index (χ0v) is 15.1. The number of hydrogen-bond donors (Lipinski definition) is 3. The highest BCUT2D eigenvalue weighted by Crippen LogP contribution is 2.28. The fourth-order valence-corrected chi connectivity index (χ4v) is 2.59. The fraction of sp³-hybridized carbons (Fsp3) is 0.529. The Kier molecular flexibility index (Phi) is 6.83. The molecule has 0 saturated carbocycles. The Bertz CT molecular complexity index is 776. The van der Waals surface area contributed by atoms with Crippen LogP contribution in [-0.2, 0) is 14.3 Å². The SMILES string of the molecule is C=Cc1cn([C@@H]2O[C@H](C)C(O)C2O)c(=O)nc1NC(=O)OCCCC(C)=O. The molecule has 2 rings (SSSR count). The fourth-order valence-electron chi connectivity index (χ4n) is 2.59. The van der Waals surface area contributed by atoms with Gasteiger partial charge in [0.15, 0.2) is 6.23 Å². The number of nitrogens with one attached hydrogen (secondary N) is 1. The lowest BCUT2D eigenvalue weighted by atomic mass is 10.1. The van der Waals surface area contributed by atoms with Crippen LogP contribution in [0, 0.1) is 0 Å². The van der Waals surface area contributed by atoms with Gasteiger partial charge in [0.1, 0.15) is 23.8 Å². The molecule has 1 fully saturated rings. The Labute approximate surface area is 155 Å². The first-order chi connectivity index (χ1) is 12.7. The molecule has 0 aromatic carbocycles. The highest BCUT2D eigenvalue weighted by atomic mass is 16.6. The molecule has 1 aliphatic rings.